The Bertz CT molecular complexity index is 171. The van der Waals surface area contributed by atoms with Crippen LogP contribution < -0.4 is 11.1 Å². The second kappa shape index (κ2) is 4.69. The van der Waals surface area contributed by atoms with Gasteiger partial charge in [-0.2, -0.15) is 5.26 Å². The molecule has 3 N–H and O–H groups in total. The molecule has 0 aromatic carbocycles. The van der Waals surface area contributed by atoms with E-state index in [4.69, 9.17) is 11.0 Å². The quantitative estimate of drug-likeness (QED) is 0.545. The van der Waals surface area contributed by atoms with Gasteiger partial charge < -0.3 is 11.1 Å². The number of nitrogens with two attached hydrogens (primary N) is 1. The van der Waals surface area contributed by atoms with E-state index in [9.17, 15) is 4.79 Å². The number of hydrogen-bond donors (Lipinski definition) is 2. The van der Waals surface area contributed by atoms with Crippen LogP contribution in [0.3, 0.4) is 0 Å². The third-order valence-electron chi connectivity index (χ3n) is 1.36. The van der Waals surface area contributed by atoms with E-state index in [2.05, 4.69) is 5.32 Å². The lowest BCUT2D eigenvalue weighted by atomic mass is 10.1. The van der Waals surface area contributed by atoms with Gasteiger partial charge in [0.15, 0.2) is 0 Å². The minimum atomic E-state index is -0.511. The third-order valence-corrected chi connectivity index (χ3v) is 1.36. The molecule has 0 aliphatic carbocycles. The number of nitrogens with zero attached hydrogens (tertiary/aromatic N) is 1. The highest BCUT2D eigenvalue weighted by Gasteiger charge is 2.15. The van der Waals surface area contributed by atoms with E-state index in [0.29, 0.717) is 0 Å². The molecule has 0 bridgehead atoms. The number of nitrogens with one attached hydrogen (secondary N) is 1. The van der Waals surface area contributed by atoms with Crippen LogP contribution in [0.4, 0.5) is 0 Å². The molecule has 0 aromatic heterocycles. The van der Waals surface area contributed by atoms with Gasteiger partial charge in [-0.25, -0.2) is 0 Å². The molecule has 62 valence electrons. The van der Waals surface area contributed by atoms with Gasteiger partial charge in [-0.15, -0.1) is 0 Å². The summed E-state index contributed by atoms with van der Waals surface area (Å²) in [4.78, 5) is 11.0. The molecule has 0 radical (unpaired) electrons. The molecular formula is C7H13N3O. The Labute approximate surface area is 66.4 Å². The van der Waals surface area contributed by atoms with Gasteiger partial charge in [0.25, 0.3) is 0 Å². The van der Waals surface area contributed by atoms with Crippen LogP contribution in [0, 0.1) is 17.2 Å². The number of carbonyl (C=O) groups is 1. The predicted molar refractivity (Wildman–Crippen MR) is 41.4 cm³/mol. The first-order valence-electron chi connectivity index (χ1n) is 3.49. The first-order valence-corrected chi connectivity index (χ1v) is 3.49. The Morgan fingerprint density at radius 1 is 1.73 bits per heavy atom. The predicted octanol–water partition coefficient (Wildman–Crippen LogP) is -0.391. The summed E-state index contributed by atoms with van der Waals surface area (Å²) in [7, 11) is 0. The lowest BCUT2D eigenvalue weighted by Crippen LogP contribution is -2.43. The van der Waals surface area contributed by atoms with Crippen LogP contribution >= 0.6 is 0 Å². The molecule has 4 nitrogen and oxygen atoms in total. The largest absolute Gasteiger partial charge is 0.342 e. The number of hydrogen-bond acceptors (Lipinski definition) is 3. The molecule has 0 saturated carbocycles. The average molecular weight is 155 g/mol. The fourth-order valence-electron chi connectivity index (χ4n) is 0.547. The first kappa shape index (κ1) is 9.92. The average Bonchev–Trinajstić information content (AvgIpc) is 1.98. The van der Waals surface area contributed by atoms with Crippen molar-refractivity contribution in [3.05, 3.63) is 0 Å². The van der Waals surface area contributed by atoms with Crippen molar-refractivity contribution in [2.24, 2.45) is 11.7 Å². The smallest absolute Gasteiger partial charge is 0.238 e. The van der Waals surface area contributed by atoms with Crippen molar-refractivity contribution in [2.75, 3.05) is 6.54 Å². The molecule has 0 heterocycles. The zero-order chi connectivity index (χ0) is 8.85. The van der Waals surface area contributed by atoms with E-state index in [1.165, 1.54) is 0 Å². The molecule has 11 heavy (non-hydrogen) atoms. The molecule has 0 aliphatic rings. The molecule has 0 spiro atoms. The number of amides is 1. The van der Waals surface area contributed by atoms with Crippen LogP contribution in [0.2, 0.25) is 0 Å². The van der Waals surface area contributed by atoms with Gasteiger partial charge in [0.05, 0.1) is 12.1 Å². The fourth-order valence-corrected chi connectivity index (χ4v) is 0.547. The standard InChI is InChI=1S/C7H13N3O/c1-5(2)6(9)7(11)10-4-3-8/h5-6H,4,9H2,1-2H3,(H,10,11)/t6-/m0/s1. The fraction of sp³-hybridized carbons (Fsp3) is 0.714. The van der Waals surface area contributed by atoms with Crippen molar-refractivity contribution >= 4 is 5.91 Å². The van der Waals surface area contributed by atoms with E-state index in [-0.39, 0.29) is 18.4 Å². The Hall–Kier alpha value is -1.08. The van der Waals surface area contributed by atoms with E-state index in [0.717, 1.165) is 0 Å². The Morgan fingerprint density at radius 3 is 2.64 bits per heavy atom. The molecule has 4 heteroatoms. The van der Waals surface area contributed by atoms with Crippen molar-refractivity contribution in [1.29, 1.82) is 5.26 Å². The number of nitriles is 1. The van der Waals surface area contributed by atoms with Gasteiger partial charge in [0, 0.05) is 0 Å². The molecule has 0 aliphatic heterocycles. The second-order valence-electron chi connectivity index (χ2n) is 2.65. The molecule has 0 rings (SSSR count). The first-order chi connectivity index (χ1) is 5.09. The highest BCUT2D eigenvalue weighted by atomic mass is 16.2. The van der Waals surface area contributed by atoms with Crippen molar-refractivity contribution < 1.29 is 4.79 Å². The summed E-state index contributed by atoms with van der Waals surface area (Å²) >= 11 is 0. The number of carbonyl (C=O) groups excluding carboxylic acids is 1. The van der Waals surface area contributed by atoms with Crippen LogP contribution in [-0.4, -0.2) is 18.5 Å². The summed E-state index contributed by atoms with van der Waals surface area (Å²) in [6, 6.07) is 1.29. The normalized spacial score (nSPS) is 12.3. The number of rotatable bonds is 3. The highest BCUT2D eigenvalue weighted by Crippen LogP contribution is 1.96. The van der Waals surface area contributed by atoms with Gasteiger partial charge in [-0.05, 0) is 5.92 Å². The minimum Gasteiger partial charge on any atom is -0.342 e. The van der Waals surface area contributed by atoms with Gasteiger partial charge in [-0.1, -0.05) is 13.8 Å². The molecular weight excluding hydrogens is 142 g/mol. The molecule has 0 unspecified atom stereocenters. The highest BCUT2D eigenvalue weighted by molar-refractivity contribution is 5.81. The molecule has 0 saturated heterocycles. The molecule has 1 amide bonds. The summed E-state index contributed by atoms with van der Waals surface area (Å²) in [6.07, 6.45) is 0. The van der Waals surface area contributed by atoms with Gasteiger partial charge >= 0.3 is 0 Å². The van der Waals surface area contributed by atoms with E-state index < -0.39 is 6.04 Å². The lowest BCUT2D eigenvalue weighted by Gasteiger charge is -2.13. The topological polar surface area (TPSA) is 78.9 Å². The Kier molecular flexibility index (Phi) is 4.23. The van der Waals surface area contributed by atoms with Crippen LogP contribution in [0.5, 0.6) is 0 Å². The van der Waals surface area contributed by atoms with Crippen molar-refractivity contribution in [1.82, 2.24) is 5.32 Å². The van der Waals surface area contributed by atoms with E-state index in [1.54, 1.807) is 6.07 Å². The second-order valence-corrected chi connectivity index (χ2v) is 2.65. The molecule has 1 atom stereocenters. The minimum absolute atomic E-state index is 0.0270. The maximum Gasteiger partial charge on any atom is 0.238 e. The SMILES string of the molecule is CC(C)[C@H](N)C(=O)NCC#N. The van der Waals surface area contributed by atoms with Gasteiger partial charge in [0.1, 0.15) is 6.54 Å². The van der Waals surface area contributed by atoms with Crippen LogP contribution in [-0.2, 0) is 4.79 Å². The zero-order valence-corrected chi connectivity index (χ0v) is 6.79. The zero-order valence-electron chi connectivity index (χ0n) is 6.79. The summed E-state index contributed by atoms with van der Waals surface area (Å²) in [5.74, 6) is -0.157. The summed E-state index contributed by atoms with van der Waals surface area (Å²) in [5, 5.41) is 10.5. The Balaban J connectivity index is 3.76. The van der Waals surface area contributed by atoms with Crippen molar-refractivity contribution in [3.8, 4) is 6.07 Å². The maximum atomic E-state index is 11.0. The van der Waals surface area contributed by atoms with Crippen molar-refractivity contribution in [2.45, 2.75) is 19.9 Å². The monoisotopic (exact) mass is 155 g/mol. The third kappa shape index (κ3) is 3.58. The van der Waals surface area contributed by atoms with Gasteiger partial charge in [0.2, 0.25) is 5.91 Å². The van der Waals surface area contributed by atoms with Gasteiger partial charge in [-0.3, -0.25) is 4.79 Å². The summed E-state index contributed by atoms with van der Waals surface area (Å²) in [6.45, 7) is 3.74. The molecule has 0 fully saturated rings. The van der Waals surface area contributed by atoms with Crippen LogP contribution in [0.25, 0.3) is 0 Å². The molecule has 0 aromatic rings. The van der Waals surface area contributed by atoms with E-state index in [1.807, 2.05) is 13.8 Å². The lowest BCUT2D eigenvalue weighted by molar-refractivity contribution is -0.122. The van der Waals surface area contributed by atoms with E-state index >= 15 is 0 Å². The maximum absolute atomic E-state index is 11.0. The van der Waals surface area contributed by atoms with Crippen LogP contribution in [0.15, 0.2) is 0 Å². The summed E-state index contributed by atoms with van der Waals surface area (Å²) in [5.41, 5.74) is 5.48. The van der Waals surface area contributed by atoms with Crippen LogP contribution in [0.1, 0.15) is 13.8 Å². The van der Waals surface area contributed by atoms with Crippen molar-refractivity contribution in [3.63, 3.8) is 0 Å². The summed E-state index contributed by atoms with van der Waals surface area (Å²) < 4.78 is 0. The Morgan fingerprint density at radius 2 is 2.27 bits per heavy atom.